The van der Waals surface area contributed by atoms with Gasteiger partial charge in [-0.05, 0) is 37.3 Å². The van der Waals surface area contributed by atoms with Gasteiger partial charge in [-0.15, -0.1) is 0 Å². The van der Waals surface area contributed by atoms with Crippen LogP contribution in [0.25, 0.3) is 11.0 Å². The van der Waals surface area contributed by atoms with Crippen molar-refractivity contribution in [3.05, 3.63) is 24.0 Å². The SMILES string of the molecule is CC(C)CCn1c(C2CCCCC2)nc2c(N)cccc21. The van der Waals surface area contributed by atoms with Crippen LogP contribution in [0.4, 0.5) is 5.69 Å². The topological polar surface area (TPSA) is 43.8 Å². The minimum atomic E-state index is 0.623. The van der Waals surface area contributed by atoms with Gasteiger partial charge in [0.05, 0.1) is 11.2 Å². The van der Waals surface area contributed by atoms with Crippen LogP contribution in [0.15, 0.2) is 18.2 Å². The fourth-order valence-electron chi connectivity index (χ4n) is 3.48. The number of hydrogen-bond acceptors (Lipinski definition) is 2. The zero-order valence-electron chi connectivity index (χ0n) is 13.3. The lowest BCUT2D eigenvalue weighted by molar-refractivity contribution is 0.409. The molecule has 3 rings (SSSR count). The molecule has 0 amide bonds. The summed E-state index contributed by atoms with van der Waals surface area (Å²) in [6.45, 7) is 5.63. The molecule has 3 heteroatoms. The Morgan fingerprint density at radius 2 is 2.00 bits per heavy atom. The molecule has 1 aromatic carbocycles. The standard InChI is InChI=1S/C18H27N3/c1-13(2)11-12-21-16-10-6-9-15(19)17(16)20-18(21)14-7-4-3-5-8-14/h6,9-10,13-14H,3-5,7-8,11-12,19H2,1-2H3. The maximum Gasteiger partial charge on any atom is 0.113 e. The molecular formula is C18H27N3. The number of benzene rings is 1. The molecule has 1 aliphatic rings. The van der Waals surface area contributed by atoms with Crippen molar-refractivity contribution in [2.24, 2.45) is 5.92 Å². The molecule has 1 aliphatic carbocycles. The van der Waals surface area contributed by atoms with Crippen LogP contribution in [0.2, 0.25) is 0 Å². The number of nitrogen functional groups attached to an aromatic ring is 1. The van der Waals surface area contributed by atoms with Crippen LogP contribution in [-0.4, -0.2) is 9.55 Å². The zero-order chi connectivity index (χ0) is 14.8. The third-order valence-electron chi connectivity index (χ3n) is 4.74. The summed E-state index contributed by atoms with van der Waals surface area (Å²) in [5.41, 5.74) is 9.18. The lowest BCUT2D eigenvalue weighted by atomic mass is 9.88. The van der Waals surface area contributed by atoms with Gasteiger partial charge in [0.15, 0.2) is 0 Å². The number of para-hydroxylation sites is 1. The smallest absolute Gasteiger partial charge is 0.113 e. The van der Waals surface area contributed by atoms with Crippen molar-refractivity contribution in [1.29, 1.82) is 0 Å². The Bertz CT molecular complexity index is 606. The molecule has 0 saturated heterocycles. The third-order valence-corrected chi connectivity index (χ3v) is 4.74. The van der Waals surface area contributed by atoms with Crippen molar-refractivity contribution in [1.82, 2.24) is 9.55 Å². The first-order valence-electron chi connectivity index (χ1n) is 8.41. The molecule has 0 atom stereocenters. The maximum atomic E-state index is 6.15. The molecule has 2 aromatic rings. The van der Waals surface area contributed by atoms with Gasteiger partial charge in [-0.3, -0.25) is 0 Å². The van der Waals surface area contributed by atoms with Crippen LogP contribution >= 0.6 is 0 Å². The number of hydrogen-bond donors (Lipinski definition) is 1. The van der Waals surface area contributed by atoms with Gasteiger partial charge >= 0.3 is 0 Å². The van der Waals surface area contributed by atoms with Gasteiger partial charge in [-0.2, -0.15) is 0 Å². The highest BCUT2D eigenvalue weighted by molar-refractivity contribution is 5.87. The maximum absolute atomic E-state index is 6.15. The van der Waals surface area contributed by atoms with E-state index in [-0.39, 0.29) is 0 Å². The van der Waals surface area contributed by atoms with Crippen molar-refractivity contribution in [2.45, 2.75) is 64.8 Å². The summed E-state index contributed by atoms with van der Waals surface area (Å²) in [5, 5.41) is 0. The van der Waals surface area contributed by atoms with Crippen LogP contribution in [0.3, 0.4) is 0 Å². The van der Waals surface area contributed by atoms with Crippen LogP contribution < -0.4 is 5.73 Å². The van der Waals surface area contributed by atoms with Crippen molar-refractivity contribution in [3.8, 4) is 0 Å². The molecule has 0 aliphatic heterocycles. The average molecular weight is 285 g/mol. The number of rotatable bonds is 4. The molecule has 0 radical (unpaired) electrons. The molecule has 0 spiro atoms. The van der Waals surface area contributed by atoms with Crippen molar-refractivity contribution in [2.75, 3.05) is 5.73 Å². The second-order valence-corrected chi connectivity index (χ2v) is 6.85. The summed E-state index contributed by atoms with van der Waals surface area (Å²) >= 11 is 0. The highest BCUT2D eigenvalue weighted by atomic mass is 15.1. The first-order valence-corrected chi connectivity index (χ1v) is 8.41. The van der Waals surface area contributed by atoms with E-state index in [4.69, 9.17) is 10.7 Å². The Hall–Kier alpha value is -1.51. The fraction of sp³-hybridized carbons (Fsp3) is 0.611. The monoisotopic (exact) mass is 285 g/mol. The van der Waals surface area contributed by atoms with E-state index < -0.39 is 0 Å². The second-order valence-electron chi connectivity index (χ2n) is 6.85. The van der Waals surface area contributed by atoms with E-state index in [1.807, 2.05) is 6.07 Å². The summed E-state index contributed by atoms with van der Waals surface area (Å²) in [5.74, 6) is 2.61. The molecule has 2 N–H and O–H groups in total. The van der Waals surface area contributed by atoms with Gasteiger partial charge in [-0.1, -0.05) is 39.2 Å². The van der Waals surface area contributed by atoms with Gasteiger partial charge in [-0.25, -0.2) is 4.98 Å². The first-order chi connectivity index (χ1) is 10.2. The molecule has 0 unspecified atom stereocenters. The third kappa shape index (κ3) is 2.92. The highest BCUT2D eigenvalue weighted by Crippen LogP contribution is 2.35. The summed E-state index contributed by atoms with van der Waals surface area (Å²) in [4.78, 5) is 4.95. The highest BCUT2D eigenvalue weighted by Gasteiger charge is 2.23. The molecule has 1 aromatic heterocycles. The van der Waals surface area contributed by atoms with Crippen molar-refractivity contribution >= 4 is 16.7 Å². The molecule has 21 heavy (non-hydrogen) atoms. The Balaban J connectivity index is 2.03. The Morgan fingerprint density at radius 3 is 2.71 bits per heavy atom. The van der Waals surface area contributed by atoms with Crippen molar-refractivity contribution < 1.29 is 0 Å². The first kappa shape index (κ1) is 14.4. The summed E-state index contributed by atoms with van der Waals surface area (Å²) < 4.78 is 2.45. The van der Waals surface area contributed by atoms with E-state index in [0.717, 1.165) is 17.7 Å². The number of aryl methyl sites for hydroxylation is 1. The molecule has 3 nitrogen and oxygen atoms in total. The second kappa shape index (κ2) is 6.08. The lowest BCUT2D eigenvalue weighted by Crippen LogP contribution is -2.13. The van der Waals surface area contributed by atoms with E-state index in [9.17, 15) is 0 Å². The zero-order valence-corrected chi connectivity index (χ0v) is 13.3. The molecule has 1 saturated carbocycles. The largest absolute Gasteiger partial charge is 0.397 e. The molecule has 114 valence electrons. The number of anilines is 1. The van der Waals surface area contributed by atoms with Gasteiger partial charge in [0.1, 0.15) is 11.3 Å². The van der Waals surface area contributed by atoms with Gasteiger partial charge in [0, 0.05) is 12.5 Å². The predicted octanol–water partition coefficient (Wildman–Crippen LogP) is 4.71. The van der Waals surface area contributed by atoms with Crippen LogP contribution in [0.1, 0.15) is 64.1 Å². The lowest BCUT2D eigenvalue weighted by Gasteiger charge is -2.22. The normalized spacial score (nSPS) is 16.9. The fourth-order valence-corrected chi connectivity index (χ4v) is 3.48. The van der Waals surface area contributed by atoms with Gasteiger partial charge in [0.25, 0.3) is 0 Å². The van der Waals surface area contributed by atoms with Crippen LogP contribution in [0.5, 0.6) is 0 Å². The van der Waals surface area contributed by atoms with E-state index in [2.05, 4.69) is 30.5 Å². The quantitative estimate of drug-likeness (QED) is 0.827. The van der Waals surface area contributed by atoms with Gasteiger partial charge in [0.2, 0.25) is 0 Å². The Labute approximate surface area is 127 Å². The van der Waals surface area contributed by atoms with E-state index >= 15 is 0 Å². The van der Waals surface area contributed by atoms with E-state index in [1.54, 1.807) is 0 Å². The van der Waals surface area contributed by atoms with Gasteiger partial charge < -0.3 is 10.3 Å². The minimum absolute atomic E-state index is 0.623. The molecular weight excluding hydrogens is 258 g/mol. The molecule has 0 bridgehead atoms. The number of nitrogens with zero attached hydrogens (tertiary/aromatic N) is 2. The van der Waals surface area contributed by atoms with E-state index in [0.29, 0.717) is 11.8 Å². The summed E-state index contributed by atoms with van der Waals surface area (Å²) in [6, 6.07) is 6.19. The predicted molar refractivity (Wildman–Crippen MR) is 89.4 cm³/mol. The summed E-state index contributed by atoms with van der Waals surface area (Å²) in [6.07, 6.45) is 7.82. The molecule has 1 heterocycles. The minimum Gasteiger partial charge on any atom is -0.397 e. The Morgan fingerprint density at radius 1 is 1.24 bits per heavy atom. The Kier molecular flexibility index (Phi) is 4.18. The number of fused-ring (bicyclic) bond motifs is 1. The van der Waals surface area contributed by atoms with Crippen LogP contribution in [0, 0.1) is 5.92 Å². The molecule has 1 fully saturated rings. The average Bonchev–Trinajstić information content (AvgIpc) is 2.86. The summed E-state index contributed by atoms with van der Waals surface area (Å²) in [7, 11) is 0. The van der Waals surface area contributed by atoms with E-state index in [1.165, 1.54) is 49.9 Å². The van der Waals surface area contributed by atoms with Crippen LogP contribution in [-0.2, 0) is 6.54 Å². The number of nitrogens with two attached hydrogens (primary N) is 1. The van der Waals surface area contributed by atoms with Crippen molar-refractivity contribution in [3.63, 3.8) is 0 Å². The number of imidazole rings is 1. The number of aromatic nitrogens is 2.